The SMILES string of the molecule is Cc1ccc(Sc2ccc(/C=C3\SC(=S)N(NC(=O)c4ccc(C)cc4Cl)C3=O)cc2[N+](=O)[O-])cc1. The highest BCUT2D eigenvalue weighted by atomic mass is 35.5. The monoisotopic (exact) mass is 555 g/mol. The first-order valence-electron chi connectivity index (χ1n) is 10.5. The molecule has 1 heterocycles. The molecular weight excluding hydrogens is 538 g/mol. The third-order valence-electron chi connectivity index (χ3n) is 5.10. The lowest BCUT2D eigenvalue weighted by atomic mass is 10.1. The topological polar surface area (TPSA) is 92.6 Å². The number of nitrogens with one attached hydrogen (secondary N) is 1. The first-order valence-corrected chi connectivity index (χ1v) is 12.9. The zero-order valence-electron chi connectivity index (χ0n) is 19.0. The first kappa shape index (κ1) is 25.9. The van der Waals surface area contributed by atoms with Crippen molar-refractivity contribution < 1.29 is 14.5 Å². The summed E-state index contributed by atoms with van der Waals surface area (Å²) in [5, 5.41) is 13.0. The largest absolute Gasteiger partial charge is 0.285 e. The average molecular weight is 556 g/mol. The minimum Gasteiger partial charge on any atom is -0.267 e. The summed E-state index contributed by atoms with van der Waals surface area (Å²) in [6.45, 7) is 3.82. The van der Waals surface area contributed by atoms with Crippen LogP contribution >= 0.6 is 47.3 Å². The number of hydrogen-bond acceptors (Lipinski definition) is 7. The maximum absolute atomic E-state index is 12.9. The molecule has 0 bridgehead atoms. The van der Waals surface area contributed by atoms with Gasteiger partial charge in [0, 0.05) is 11.0 Å². The summed E-state index contributed by atoms with van der Waals surface area (Å²) >= 11 is 13.7. The predicted molar refractivity (Wildman–Crippen MR) is 147 cm³/mol. The molecule has 0 unspecified atom stereocenters. The molecule has 0 saturated carbocycles. The molecule has 7 nitrogen and oxygen atoms in total. The van der Waals surface area contributed by atoms with Crippen LogP contribution in [-0.2, 0) is 4.79 Å². The number of hydrazine groups is 1. The number of hydrogen-bond donors (Lipinski definition) is 1. The molecule has 0 atom stereocenters. The molecule has 11 heteroatoms. The smallest absolute Gasteiger partial charge is 0.267 e. The number of benzene rings is 3. The number of nitro groups is 1. The van der Waals surface area contributed by atoms with Gasteiger partial charge in [-0.25, -0.2) is 0 Å². The molecule has 0 radical (unpaired) electrons. The van der Waals surface area contributed by atoms with E-state index in [2.05, 4.69) is 5.43 Å². The zero-order chi connectivity index (χ0) is 26.0. The molecule has 0 aromatic heterocycles. The van der Waals surface area contributed by atoms with Crippen molar-refractivity contribution in [2.24, 2.45) is 0 Å². The van der Waals surface area contributed by atoms with Crippen LogP contribution in [-0.4, -0.2) is 26.1 Å². The van der Waals surface area contributed by atoms with Gasteiger partial charge in [0.1, 0.15) is 0 Å². The van der Waals surface area contributed by atoms with Gasteiger partial charge in [-0.1, -0.05) is 65.0 Å². The molecule has 3 aromatic carbocycles. The van der Waals surface area contributed by atoms with Gasteiger partial charge in [-0.2, -0.15) is 5.01 Å². The van der Waals surface area contributed by atoms with E-state index in [1.165, 1.54) is 23.9 Å². The molecule has 1 fully saturated rings. The van der Waals surface area contributed by atoms with Crippen molar-refractivity contribution >= 4 is 75.2 Å². The van der Waals surface area contributed by atoms with E-state index in [1.54, 1.807) is 30.3 Å². The van der Waals surface area contributed by atoms with E-state index in [1.807, 2.05) is 38.1 Å². The molecule has 1 aliphatic heterocycles. The number of carbonyl (C=O) groups is 2. The van der Waals surface area contributed by atoms with Crippen LogP contribution in [0, 0.1) is 24.0 Å². The van der Waals surface area contributed by atoms with Gasteiger partial charge >= 0.3 is 0 Å². The van der Waals surface area contributed by atoms with Crippen molar-refractivity contribution in [1.29, 1.82) is 0 Å². The first-order chi connectivity index (χ1) is 17.1. The van der Waals surface area contributed by atoms with E-state index in [4.69, 9.17) is 23.8 Å². The van der Waals surface area contributed by atoms with Gasteiger partial charge in [-0.3, -0.25) is 25.1 Å². The normalized spacial score (nSPS) is 14.4. The Morgan fingerprint density at radius 1 is 1.11 bits per heavy atom. The Morgan fingerprint density at radius 3 is 2.47 bits per heavy atom. The molecule has 1 aliphatic rings. The second-order valence-corrected chi connectivity index (χ2v) is 11.0. The third-order valence-corrected chi connectivity index (χ3v) is 7.79. The minimum absolute atomic E-state index is 0.0767. The number of thioether (sulfide) groups is 1. The molecular formula is C25H18ClN3O4S3. The Balaban J connectivity index is 1.55. The van der Waals surface area contributed by atoms with Gasteiger partial charge in [0.05, 0.1) is 25.3 Å². The number of amides is 2. The molecule has 4 rings (SSSR count). The highest BCUT2D eigenvalue weighted by Gasteiger charge is 2.34. The number of nitrogens with zero attached hydrogens (tertiary/aromatic N) is 2. The van der Waals surface area contributed by atoms with Crippen LogP contribution in [0.2, 0.25) is 5.02 Å². The number of nitro benzene ring substituents is 1. The molecule has 36 heavy (non-hydrogen) atoms. The Bertz CT molecular complexity index is 1440. The molecule has 2 amide bonds. The van der Waals surface area contributed by atoms with Crippen molar-refractivity contribution in [3.05, 3.63) is 103 Å². The summed E-state index contributed by atoms with van der Waals surface area (Å²) in [6, 6.07) is 17.4. The lowest BCUT2D eigenvalue weighted by Crippen LogP contribution is -2.44. The van der Waals surface area contributed by atoms with Crippen LogP contribution in [0.4, 0.5) is 5.69 Å². The lowest BCUT2D eigenvalue weighted by molar-refractivity contribution is -0.387. The predicted octanol–water partition coefficient (Wildman–Crippen LogP) is 6.56. The van der Waals surface area contributed by atoms with Gasteiger partial charge in [0.25, 0.3) is 17.5 Å². The van der Waals surface area contributed by atoms with Crippen LogP contribution in [0.1, 0.15) is 27.0 Å². The van der Waals surface area contributed by atoms with E-state index in [0.717, 1.165) is 32.8 Å². The summed E-state index contributed by atoms with van der Waals surface area (Å²) in [4.78, 5) is 38.5. The Hall–Kier alpha value is -3.18. The molecule has 1 N–H and O–H groups in total. The fraction of sp³-hybridized carbons (Fsp3) is 0.0800. The number of thiocarbonyl (C=S) groups is 1. The molecule has 182 valence electrons. The summed E-state index contributed by atoms with van der Waals surface area (Å²) in [6.07, 6.45) is 1.51. The van der Waals surface area contributed by atoms with Crippen molar-refractivity contribution in [2.75, 3.05) is 0 Å². The van der Waals surface area contributed by atoms with E-state index in [9.17, 15) is 19.7 Å². The van der Waals surface area contributed by atoms with Crippen LogP contribution in [0.25, 0.3) is 6.08 Å². The maximum atomic E-state index is 12.9. The van der Waals surface area contributed by atoms with Gasteiger partial charge in [-0.05, 0) is 73.6 Å². The highest BCUT2D eigenvalue weighted by Crippen LogP contribution is 2.37. The second kappa shape index (κ2) is 10.8. The van der Waals surface area contributed by atoms with Crippen LogP contribution in [0.15, 0.2) is 75.4 Å². The second-order valence-electron chi connectivity index (χ2n) is 7.84. The van der Waals surface area contributed by atoms with E-state index >= 15 is 0 Å². The number of aryl methyl sites for hydroxylation is 2. The molecule has 0 spiro atoms. The van der Waals surface area contributed by atoms with Crippen molar-refractivity contribution in [3.8, 4) is 0 Å². The summed E-state index contributed by atoms with van der Waals surface area (Å²) < 4.78 is 0.129. The van der Waals surface area contributed by atoms with E-state index < -0.39 is 16.7 Å². The Kier molecular flexibility index (Phi) is 7.79. The number of carbonyl (C=O) groups excluding carboxylic acids is 2. The van der Waals surface area contributed by atoms with Gasteiger partial charge in [0.2, 0.25) is 0 Å². The summed E-state index contributed by atoms with van der Waals surface area (Å²) in [5.74, 6) is -1.12. The van der Waals surface area contributed by atoms with Crippen molar-refractivity contribution in [1.82, 2.24) is 10.4 Å². The highest BCUT2D eigenvalue weighted by molar-refractivity contribution is 8.26. The van der Waals surface area contributed by atoms with Crippen LogP contribution < -0.4 is 5.43 Å². The fourth-order valence-corrected chi connectivity index (χ4v) is 5.67. The minimum atomic E-state index is -0.578. The zero-order valence-corrected chi connectivity index (χ0v) is 22.2. The quantitative estimate of drug-likeness (QED) is 0.159. The Labute approximate surface area is 226 Å². The molecule has 1 saturated heterocycles. The molecule has 0 aliphatic carbocycles. The van der Waals surface area contributed by atoms with E-state index in [0.29, 0.717) is 10.5 Å². The maximum Gasteiger partial charge on any atom is 0.285 e. The fourth-order valence-electron chi connectivity index (χ4n) is 3.27. The molecule has 3 aromatic rings. The Morgan fingerprint density at radius 2 is 1.81 bits per heavy atom. The lowest BCUT2D eigenvalue weighted by Gasteiger charge is -2.16. The van der Waals surface area contributed by atoms with Crippen LogP contribution in [0.5, 0.6) is 0 Å². The van der Waals surface area contributed by atoms with Crippen molar-refractivity contribution in [2.45, 2.75) is 23.6 Å². The summed E-state index contributed by atoms with van der Waals surface area (Å²) in [5.41, 5.74) is 5.07. The average Bonchev–Trinajstić information content (AvgIpc) is 3.08. The van der Waals surface area contributed by atoms with Gasteiger partial charge < -0.3 is 0 Å². The van der Waals surface area contributed by atoms with Crippen molar-refractivity contribution in [3.63, 3.8) is 0 Å². The standard InChI is InChI=1S/C25H18ClN3O4S3/c1-14-3-7-17(8-4-14)35-21-10-6-16(12-20(21)29(32)33)13-22-24(31)28(25(34)36-22)27-23(30)18-9-5-15(2)11-19(18)26/h3-13H,1-2H3,(H,27,30)/b22-13-. The number of rotatable bonds is 6. The van der Waals surface area contributed by atoms with Gasteiger partial charge in [0.15, 0.2) is 4.32 Å². The van der Waals surface area contributed by atoms with Gasteiger partial charge in [-0.15, -0.1) is 0 Å². The third kappa shape index (κ3) is 5.79. The van der Waals surface area contributed by atoms with Crippen LogP contribution in [0.3, 0.4) is 0 Å². The van der Waals surface area contributed by atoms with E-state index in [-0.39, 0.29) is 25.5 Å². The number of halogens is 1. The summed E-state index contributed by atoms with van der Waals surface area (Å²) in [7, 11) is 0.